The van der Waals surface area contributed by atoms with E-state index < -0.39 is 0 Å². The Hall–Kier alpha value is -1.16. The summed E-state index contributed by atoms with van der Waals surface area (Å²) in [5.41, 5.74) is 3.32. The molecule has 1 saturated heterocycles. The highest BCUT2D eigenvalue weighted by molar-refractivity contribution is 8.00. The Morgan fingerprint density at radius 3 is 2.76 bits per heavy atom. The molecule has 0 aromatic heterocycles. The van der Waals surface area contributed by atoms with Gasteiger partial charge >= 0.3 is 6.03 Å². The number of nitrogens with one attached hydrogen (secondary N) is 1. The molecule has 3 nitrogen and oxygen atoms in total. The lowest BCUT2D eigenvalue weighted by atomic mass is 10.1. The number of urea groups is 1. The molecule has 0 spiro atoms. The Morgan fingerprint density at radius 2 is 2.18 bits per heavy atom. The van der Waals surface area contributed by atoms with Crippen LogP contribution in [0.25, 0.3) is 0 Å². The number of amides is 2. The Balaban J connectivity index is 2.05. The number of nitrogens with zero attached hydrogens (tertiary/aromatic N) is 1. The van der Waals surface area contributed by atoms with Crippen LogP contribution in [0.2, 0.25) is 0 Å². The molecule has 92 valence electrons. The van der Waals surface area contributed by atoms with Gasteiger partial charge in [0.25, 0.3) is 0 Å². The molecule has 17 heavy (non-hydrogen) atoms. The number of hydrogen-bond donors (Lipinski definition) is 1. The van der Waals surface area contributed by atoms with Crippen molar-refractivity contribution in [3.8, 4) is 0 Å². The quantitative estimate of drug-likeness (QED) is 0.830. The van der Waals surface area contributed by atoms with Crippen molar-refractivity contribution in [3.05, 3.63) is 29.3 Å². The summed E-state index contributed by atoms with van der Waals surface area (Å²) in [5.74, 6) is 1.03. The van der Waals surface area contributed by atoms with Crippen molar-refractivity contribution >= 4 is 23.5 Å². The van der Waals surface area contributed by atoms with Crippen LogP contribution in [0.15, 0.2) is 18.2 Å². The second kappa shape index (κ2) is 5.00. The monoisotopic (exact) mass is 250 g/mol. The van der Waals surface area contributed by atoms with Gasteiger partial charge in [0, 0.05) is 18.0 Å². The molecule has 0 radical (unpaired) electrons. The molecule has 0 saturated carbocycles. The minimum Gasteiger partial charge on any atom is -0.312 e. The minimum absolute atomic E-state index is 0.00533. The molecule has 1 heterocycles. The molecular weight excluding hydrogens is 232 g/mol. The first-order valence-electron chi connectivity index (χ1n) is 5.84. The lowest BCUT2D eigenvalue weighted by Crippen LogP contribution is -2.36. The second-order valence-electron chi connectivity index (χ2n) is 4.39. The third-order valence-electron chi connectivity index (χ3n) is 3.15. The molecule has 2 rings (SSSR count). The van der Waals surface area contributed by atoms with Gasteiger partial charge in [0.2, 0.25) is 0 Å². The van der Waals surface area contributed by atoms with Crippen molar-refractivity contribution in [3.63, 3.8) is 0 Å². The van der Waals surface area contributed by atoms with Crippen LogP contribution in [0.4, 0.5) is 10.5 Å². The Kier molecular flexibility index (Phi) is 3.62. The van der Waals surface area contributed by atoms with E-state index in [0.29, 0.717) is 0 Å². The third kappa shape index (κ3) is 2.75. The smallest absolute Gasteiger partial charge is 0.312 e. The third-order valence-corrected chi connectivity index (χ3v) is 4.30. The summed E-state index contributed by atoms with van der Waals surface area (Å²) in [6.45, 7) is 7.03. The van der Waals surface area contributed by atoms with Crippen molar-refractivity contribution in [2.24, 2.45) is 0 Å². The maximum Gasteiger partial charge on any atom is 0.322 e. The summed E-state index contributed by atoms with van der Waals surface area (Å²) in [7, 11) is 0. The predicted molar refractivity (Wildman–Crippen MR) is 73.6 cm³/mol. The van der Waals surface area contributed by atoms with Crippen molar-refractivity contribution in [2.45, 2.75) is 26.1 Å². The number of benzene rings is 1. The summed E-state index contributed by atoms with van der Waals surface area (Å²) in [6.07, 6.45) is 0. The average molecular weight is 250 g/mol. The van der Waals surface area contributed by atoms with Gasteiger partial charge in [-0.3, -0.25) is 0 Å². The van der Waals surface area contributed by atoms with Crippen molar-refractivity contribution < 1.29 is 4.79 Å². The first-order chi connectivity index (χ1) is 8.08. The molecule has 1 unspecified atom stereocenters. The van der Waals surface area contributed by atoms with Crippen LogP contribution >= 0.6 is 11.8 Å². The molecule has 0 aliphatic carbocycles. The number of carbonyl (C=O) groups excluding carboxylic acids is 1. The Bertz CT molecular complexity index is 433. The van der Waals surface area contributed by atoms with E-state index in [1.165, 1.54) is 11.1 Å². The normalized spacial score (nSPS) is 19.5. The van der Waals surface area contributed by atoms with Crippen LogP contribution in [0.3, 0.4) is 0 Å². The van der Waals surface area contributed by atoms with Crippen LogP contribution < -0.4 is 5.32 Å². The number of aryl methyl sites for hydroxylation is 2. The topological polar surface area (TPSA) is 32.3 Å². The van der Waals surface area contributed by atoms with Gasteiger partial charge in [-0.1, -0.05) is 6.07 Å². The number of thioether (sulfide) groups is 1. The molecule has 1 N–H and O–H groups in total. The molecule has 1 aliphatic heterocycles. The molecular formula is C13H18N2OS. The van der Waals surface area contributed by atoms with Crippen molar-refractivity contribution in [1.29, 1.82) is 0 Å². The lowest BCUT2D eigenvalue weighted by Gasteiger charge is -2.21. The SMILES string of the molecule is Cc1ccc(NC(=O)N2CCSC2C)cc1C. The van der Waals surface area contributed by atoms with E-state index in [4.69, 9.17) is 0 Å². The summed E-state index contributed by atoms with van der Waals surface area (Å²) in [6, 6.07) is 6.01. The van der Waals surface area contributed by atoms with E-state index >= 15 is 0 Å². The standard InChI is InChI=1S/C13H18N2OS/c1-9-4-5-12(8-10(9)2)14-13(16)15-6-7-17-11(15)3/h4-5,8,11H,6-7H2,1-3H3,(H,14,16). The zero-order chi connectivity index (χ0) is 12.4. The highest BCUT2D eigenvalue weighted by Gasteiger charge is 2.25. The average Bonchev–Trinajstić information content (AvgIpc) is 2.70. The lowest BCUT2D eigenvalue weighted by molar-refractivity contribution is 0.216. The molecule has 1 atom stereocenters. The van der Waals surface area contributed by atoms with Crippen LogP contribution in [0.5, 0.6) is 0 Å². The van der Waals surface area contributed by atoms with Gasteiger partial charge < -0.3 is 10.2 Å². The maximum absolute atomic E-state index is 12.0. The number of carbonyl (C=O) groups is 1. The van der Waals surface area contributed by atoms with Crippen molar-refractivity contribution in [2.75, 3.05) is 17.6 Å². The number of anilines is 1. The van der Waals surface area contributed by atoms with E-state index in [0.717, 1.165) is 18.0 Å². The van der Waals surface area contributed by atoms with Gasteiger partial charge in [0.15, 0.2) is 0 Å². The molecule has 1 aliphatic rings. The van der Waals surface area contributed by atoms with E-state index in [1.54, 1.807) is 0 Å². The van der Waals surface area contributed by atoms with E-state index in [-0.39, 0.29) is 11.4 Å². The molecule has 1 aromatic carbocycles. The number of rotatable bonds is 1. The fraction of sp³-hybridized carbons (Fsp3) is 0.462. The van der Waals surface area contributed by atoms with Gasteiger partial charge in [-0.15, -0.1) is 11.8 Å². The van der Waals surface area contributed by atoms with Gasteiger partial charge in [-0.2, -0.15) is 0 Å². The fourth-order valence-electron chi connectivity index (χ4n) is 1.87. The van der Waals surface area contributed by atoms with Crippen LogP contribution in [0, 0.1) is 13.8 Å². The predicted octanol–water partition coefficient (Wildman–Crippen LogP) is 3.23. The summed E-state index contributed by atoms with van der Waals surface area (Å²) < 4.78 is 0. The van der Waals surface area contributed by atoms with E-state index in [2.05, 4.69) is 26.1 Å². The summed E-state index contributed by atoms with van der Waals surface area (Å²) >= 11 is 1.81. The second-order valence-corrected chi connectivity index (χ2v) is 5.82. The maximum atomic E-state index is 12.0. The zero-order valence-corrected chi connectivity index (χ0v) is 11.3. The summed E-state index contributed by atoms with van der Waals surface area (Å²) in [4.78, 5) is 13.9. The van der Waals surface area contributed by atoms with Crippen molar-refractivity contribution in [1.82, 2.24) is 4.90 Å². The molecule has 2 amide bonds. The van der Waals surface area contributed by atoms with Gasteiger partial charge in [-0.05, 0) is 44.0 Å². The molecule has 1 aromatic rings. The zero-order valence-electron chi connectivity index (χ0n) is 10.5. The van der Waals surface area contributed by atoms with E-state index in [9.17, 15) is 4.79 Å². The van der Waals surface area contributed by atoms with Crippen LogP contribution in [-0.2, 0) is 0 Å². The Labute approximate surface area is 107 Å². The van der Waals surface area contributed by atoms with Gasteiger partial charge in [0.1, 0.15) is 0 Å². The minimum atomic E-state index is 0.00533. The summed E-state index contributed by atoms with van der Waals surface area (Å²) in [5, 5.41) is 3.24. The van der Waals surface area contributed by atoms with Crippen LogP contribution in [0.1, 0.15) is 18.1 Å². The Morgan fingerprint density at radius 1 is 1.41 bits per heavy atom. The highest BCUT2D eigenvalue weighted by atomic mass is 32.2. The molecule has 1 fully saturated rings. The molecule has 0 bridgehead atoms. The van der Waals surface area contributed by atoms with Crippen LogP contribution in [-0.4, -0.2) is 28.6 Å². The highest BCUT2D eigenvalue weighted by Crippen LogP contribution is 2.24. The first-order valence-corrected chi connectivity index (χ1v) is 6.89. The molecule has 4 heteroatoms. The van der Waals surface area contributed by atoms with E-state index in [1.807, 2.05) is 34.9 Å². The van der Waals surface area contributed by atoms with Gasteiger partial charge in [0.05, 0.1) is 5.37 Å². The largest absolute Gasteiger partial charge is 0.322 e. The fourth-order valence-corrected chi connectivity index (χ4v) is 2.90. The number of hydrogen-bond acceptors (Lipinski definition) is 2. The van der Waals surface area contributed by atoms with Gasteiger partial charge in [-0.25, -0.2) is 4.79 Å². The first kappa shape index (κ1) is 12.3.